The highest BCUT2D eigenvalue weighted by atomic mass is 79.9. The van der Waals surface area contributed by atoms with E-state index in [2.05, 4.69) is 21.2 Å². The average Bonchev–Trinajstić information content (AvgIpc) is 2.83. The highest BCUT2D eigenvalue weighted by Gasteiger charge is 2.31. The van der Waals surface area contributed by atoms with Gasteiger partial charge < -0.3 is 10.2 Å². The lowest BCUT2D eigenvalue weighted by molar-refractivity contribution is -0.385. The van der Waals surface area contributed by atoms with Crippen molar-refractivity contribution in [3.63, 3.8) is 0 Å². The largest absolute Gasteiger partial charge is 0.352 e. The highest BCUT2D eigenvalue weighted by molar-refractivity contribution is 9.10. The third-order valence-electron chi connectivity index (χ3n) is 5.50. The molecule has 3 aromatic carbocycles. The number of carbonyl (C=O) groups excluding carboxylic acids is 2. The van der Waals surface area contributed by atoms with E-state index < -0.39 is 11.0 Å². The van der Waals surface area contributed by atoms with E-state index in [-0.39, 0.29) is 36.5 Å². The monoisotopic (exact) mass is 537 g/mol. The second-order valence-electron chi connectivity index (χ2n) is 8.58. The normalized spacial score (nSPS) is 11.7. The SMILES string of the molecule is CC(C)NC(=O)[C@H](Cc1ccccc1)N(Cc1ccc(Br)cc1)C(=O)Cc1ccccc1[N+](=O)[O-]. The standard InChI is InChI=1S/C27H28BrN3O4/c1-19(2)29-27(33)25(16-20-8-4-3-5-9-20)30(18-21-12-14-23(28)15-13-21)26(32)17-22-10-6-7-11-24(22)31(34)35/h3-15,19,25H,16-18H2,1-2H3,(H,29,33)/t25-/m0/s1. The van der Waals surface area contributed by atoms with Crippen LogP contribution in [0.4, 0.5) is 5.69 Å². The molecule has 0 fully saturated rings. The lowest BCUT2D eigenvalue weighted by Crippen LogP contribution is -2.52. The van der Waals surface area contributed by atoms with E-state index in [1.165, 1.54) is 11.0 Å². The van der Waals surface area contributed by atoms with Crippen LogP contribution in [-0.2, 0) is 29.0 Å². The predicted molar refractivity (Wildman–Crippen MR) is 139 cm³/mol. The van der Waals surface area contributed by atoms with Crippen LogP contribution in [0.3, 0.4) is 0 Å². The van der Waals surface area contributed by atoms with Gasteiger partial charge in [-0.15, -0.1) is 0 Å². The molecule has 8 heteroatoms. The minimum Gasteiger partial charge on any atom is -0.352 e. The van der Waals surface area contributed by atoms with Gasteiger partial charge in [-0.1, -0.05) is 76.6 Å². The Morgan fingerprint density at radius 1 is 0.943 bits per heavy atom. The van der Waals surface area contributed by atoms with E-state index in [1.807, 2.05) is 68.4 Å². The molecule has 0 heterocycles. The van der Waals surface area contributed by atoms with Crippen molar-refractivity contribution >= 4 is 33.4 Å². The Kier molecular flexibility index (Phi) is 9.14. The maximum absolute atomic E-state index is 13.7. The second-order valence-corrected chi connectivity index (χ2v) is 9.50. The minimum absolute atomic E-state index is 0.111. The predicted octanol–water partition coefficient (Wildman–Crippen LogP) is 5.06. The van der Waals surface area contributed by atoms with Gasteiger partial charge in [-0.3, -0.25) is 19.7 Å². The molecule has 1 N–H and O–H groups in total. The van der Waals surface area contributed by atoms with E-state index in [0.717, 1.165) is 15.6 Å². The molecule has 3 rings (SSSR count). The number of hydrogen-bond donors (Lipinski definition) is 1. The molecule has 1 atom stereocenters. The Morgan fingerprint density at radius 2 is 1.57 bits per heavy atom. The Labute approximate surface area is 213 Å². The van der Waals surface area contributed by atoms with Gasteiger partial charge in [0.25, 0.3) is 5.69 Å². The summed E-state index contributed by atoms with van der Waals surface area (Å²) in [6, 6.07) is 22.3. The van der Waals surface area contributed by atoms with E-state index in [4.69, 9.17) is 0 Å². The van der Waals surface area contributed by atoms with Crippen LogP contribution in [0, 0.1) is 10.1 Å². The number of nitrogens with zero attached hydrogens (tertiary/aromatic N) is 2. The smallest absolute Gasteiger partial charge is 0.273 e. The van der Waals surface area contributed by atoms with Crippen LogP contribution in [0.2, 0.25) is 0 Å². The van der Waals surface area contributed by atoms with Crippen molar-refractivity contribution in [2.45, 2.75) is 45.3 Å². The third-order valence-corrected chi connectivity index (χ3v) is 6.03. The third kappa shape index (κ3) is 7.48. The summed E-state index contributed by atoms with van der Waals surface area (Å²) in [4.78, 5) is 39.6. The summed E-state index contributed by atoms with van der Waals surface area (Å²) < 4.78 is 0.900. The molecule has 35 heavy (non-hydrogen) atoms. The molecule has 0 unspecified atom stereocenters. The van der Waals surface area contributed by atoms with Gasteiger partial charge in [-0.25, -0.2) is 0 Å². The summed E-state index contributed by atoms with van der Waals surface area (Å²) in [5.74, 6) is -0.626. The van der Waals surface area contributed by atoms with Gasteiger partial charge in [-0.05, 0) is 37.1 Å². The summed E-state index contributed by atoms with van der Waals surface area (Å²) in [7, 11) is 0. The van der Waals surface area contributed by atoms with Crippen molar-refractivity contribution in [3.8, 4) is 0 Å². The van der Waals surface area contributed by atoms with Crippen LogP contribution in [0.5, 0.6) is 0 Å². The van der Waals surface area contributed by atoms with Gasteiger partial charge in [0.05, 0.1) is 11.3 Å². The van der Waals surface area contributed by atoms with Crippen LogP contribution >= 0.6 is 15.9 Å². The first kappa shape index (κ1) is 26.1. The molecule has 0 bridgehead atoms. The maximum atomic E-state index is 13.7. The topological polar surface area (TPSA) is 92.6 Å². The quantitative estimate of drug-likeness (QED) is 0.288. The summed E-state index contributed by atoms with van der Waals surface area (Å²) in [5.41, 5.74) is 1.96. The molecule has 0 aliphatic rings. The van der Waals surface area contributed by atoms with E-state index >= 15 is 0 Å². The Balaban J connectivity index is 2.00. The molecular weight excluding hydrogens is 510 g/mol. The van der Waals surface area contributed by atoms with Crippen molar-refractivity contribution in [2.75, 3.05) is 0 Å². The van der Waals surface area contributed by atoms with Crippen molar-refractivity contribution < 1.29 is 14.5 Å². The fraction of sp³-hybridized carbons (Fsp3) is 0.259. The highest BCUT2D eigenvalue weighted by Crippen LogP contribution is 2.22. The van der Waals surface area contributed by atoms with Crippen LogP contribution in [0.25, 0.3) is 0 Å². The van der Waals surface area contributed by atoms with Crippen molar-refractivity contribution in [1.82, 2.24) is 10.2 Å². The number of amides is 2. The first-order valence-corrected chi connectivity index (χ1v) is 12.1. The lowest BCUT2D eigenvalue weighted by Gasteiger charge is -2.32. The summed E-state index contributed by atoms with van der Waals surface area (Å²) >= 11 is 3.42. The Morgan fingerprint density at radius 3 is 2.20 bits per heavy atom. The molecule has 0 aromatic heterocycles. The van der Waals surface area contributed by atoms with Gasteiger partial charge in [0, 0.05) is 35.1 Å². The van der Waals surface area contributed by atoms with Gasteiger partial charge in [-0.2, -0.15) is 0 Å². The number of benzene rings is 3. The van der Waals surface area contributed by atoms with E-state index in [9.17, 15) is 19.7 Å². The minimum atomic E-state index is -0.793. The van der Waals surface area contributed by atoms with E-state index in [0.29, 0.717) is 12.0 Å². The molecular formula is C27H28BrN3O4. The second kappa shape index (κ2) is 12.3. The summed E-state index contributed by atoms with van der Waals surface area (Å²) in [5, 5.41) is 14.5. The zero-order valence-electron chi connectivity index (χ0n) is 19.7. The van der Waals surface area contributed by atoms with Crippen LogP contribution in [0.1, 0.15) is 30.5 Å². The first-order chi connectivity index (χ1) is 16.7. The fourth-order valence-corrected chi connectivity index (χ4v) is 4.09. The summed E-state index contributed by atoms with van der Waals surface area (Å²) in [6.07, 6.45) is 0.131. The first-order valence-electron chi connectivity index (χ1n) is 11.3. The van der Waals surface area contributed by atoms with Gasteiger partial charge in [0.2, 0.25) is 11.8 Å². The molecule has 7 nitrogen and oxygen atoms in total. The van der Waals surface area contributed by atoms with Crippen LogP contribution in [-0.4, -0.2) is 33.7 Å². The maximum Gasteiger partial charge on any atom is 0.273 e. The number of hydrogen-bond acceptors (Lipinski definition) is 4. The molecule has 182 valence electrons. The molecule has 0 aliphatic carbocycles. The molecule has 3 aromatic rings. The van der Waals surface area contributed by atoms with Crippen molar-refractivity contribution in [2.24, 2.45) is 0 Å². The number of rotatable bonds is 10. The Hall–Kier alpha value is -3.52. The number of nitrogens with one attached hydrogen (secondary N) is 1. The van der Waals surface area contributed by atoms with Gasteiger partial charge >= 0.3 is 0 Å². The van der Waals surface area contributed by atoms with Crippen LogP contribution < -0.4 is 5.32 Å². The molecule has 0 saturated carbocycles. The van der Waals surface area contributed by atoms with Crippen molar-refractivity contribution in [3.05, 3.63) is 110 Å². The number of para-hydroxylation sites is 1. The Bertz CT molecular complexity index is 1170. The molecule has 0 saturated heterocycles. The molecule has 0 spiro atoms. The van der Waals surface area contributed by atoms with E-state index in [1.54, 1.807) is 18.2 Å². The molecule has 2 amide bonds. The lowest BCUT2D eigenvalue weighted by atomic mass is 10.0. The number of carbonyl (C=O) groups is 2. The number of nitro benzene ring substituents is 1. The molecule has 0 radical (unpaired) electrons. The number of halogens is 1. The summed E-state index contributed by atoms with van der Waals surface area (Å²) in [6.45, 7) is 3.92. The molecule has 0 aliphatic heterocycles. The zero-order chi connectivity index (χ0) is 25.4. The van der Waals surface area contributed by atoms with Crippen molar-refractivity contribution in [1.29, 1.82) is 0 Å². The van der Waals surface area contributed by atoms with Crippen LogP contribution in [0.15, 0.2) is 83.3 Å². The van der Waals surface area contributed by atoms with Gasteiger partial charge in [0.1, 0.15) is 6.04 Å². The average molecular weight is 538 g/mol. The fourth-order valence-electron chi connectivity index (χ4n) is 3.82. The number of nitro groups is 1. The van der Waals surface area contributed by atoms with Gasteiger partial charge in [0.15, 0.2) is 0 Å². The zero-order valence-corrected chi connectivity index (χ0v) is 21.3.